The van der Waals surface area contributed by atoms with Crippen LogP contribution in [0.25, 0.3) is 0 Å². The maximum Gasteiger partial charge on any atom is 0.188 e. The Labute approximate surface area is 65.4 Å². The fourth-order valence-electron chi connectivity index (χ4n) is 0.685. The van der Waals surface area contributed by atoms with Gasteiger partial charge in [0.2, 0.25) is 0 Å². The van der Waals surface area contributed by atoms with Gasteiger partial charge in [0.1, 0.15) is 0 Å². The highest BCUT2D eigenvalue weighted by atomic mass is 16.5. The van der Waals surface area contributed by atoms with Crippen LogP contribution in [0.3, 0.4) is 0 Å². The Bertz CT molecular complexity index is 237. The lowest BCUT2D eigenvalue weighted by Gasteiger charge is -2.09. The molecular formula is C7H11N3O. The number of ether oxygens (including phenoxy) is 1. The Kier molecular flexibility index (Phi) is 2.25. The molecule has 0 aliphatic rings. The summed E-state index contributed by atoms with van der Waals surface area (Å²) in [5.74, 6) is 0.927. The molecule has 11 heavy (non-hydrogen) atoms. The summed E-state index contributed by atoms with van der Waals surface area (Å²) < 4.78 is 5.32. The zero-order valence-corrected chi connectivity index (χ0v) is 6.61. The minimum atomic E-state index is 0.112. The van der Waals surface area contributed by atoms with Crippen LogP contribution >= 0.6 is 0 Å². The van der Waals surface area contributed by atoms with Crippen molar-refractivity contribution in [2.45, 2.75) is 20.0 Å². The van der Waals surface area contributed by atoms with E-state index in [0.29, 0.717) is 11.6 Å². The predicted molar refractivity (Wildman–Crippen MR) is 42.2 cm³/mol. The first-order valence-electron chi connectivity index (χ1n) is 3.44. The summed E-state index contributed by atoms with van der Waals surface area (Å²) in [6.45, 7) is 3.86. The summed E-state index contributed by atoms with van der Waals surface area (Å²) in [4.78, 5) is 0. The van der Waals surface area contributed by atoms with Gasteiger partial charge in [0.05, 0.1) is 12.3 Å². The molecule has 0 radical (unpaired) electrons. The zero-order valence-electron chi connectivity index (χ0n) is 6.61. The van der Waals surface area contributed by atoms with Gasteiger partial charge in [-0.1, -0.05) is 0 Å². The molecule has 0 unspecified atom stereocenters. The van der Waals surface area contributed by atoms with Gasteiger partial charge in [-0.2, -0.15) is 5.10 Å². The average Bonchev–Trinajstić information content (AvgIpc) is 1.93. The highest BCUT2D eigenvalue weighted by Gasteiger charge is 2.01. The number of aromatic nitrogens is 2. The molecule has 4 nitrogen and oxygen atoms in total. The van der Waals surface area contributed by atoms with Crippen LogP contribution in [0.15, 0.2) is 12.3 Å². The topological polar surface area (TPSA) is 61.0 Å². The third-order valence-electron chi connectivity index (χ3n) is 1.07. The minimum Gasteiger partial charge on any atom is -0.487 e. The number of hydrogen-bond donors (Lipinski definition) is 1. The number of nitrogens with zero attached hydrogens (tertiary/aromatic N) is 2. The van der Waals surface area contributed by atoms with Crippen molar-refractivity contribution < 1.29 is 4.74 Å². The van der Waals surface area contributed by atoms with Crippen LogP contribution in [-0.4, -0.2) is 16.3 Å². The van der Waals surface area contributed by atoms with Crippen LogP contribution in [0.2, 0.25) is 0 Å². The van der Waals surface area contributed by atoms with Crippen molar-refractivity contribution in [2.75, 3.05) is 5.73 Å². The van der Waals surface area contributed by atoms with Crippen molar-refractivity contribution in [2.24, 2.45) is 0 Å². The molecule has 0 fully saturated rings. The van der Waals surface area contributed by atoms with Crippen LogP contribution in [0.5, 0.6) is 5.75 Å². The molecule has 1 aromatic rings. The first-order chi connectivity index (χ1) is 5.20. The number of anilines is 1. The molecule has 1 aromatic heterocycles. The normalized spacial score (nSPS) is 10.1. The van der Waals surface area contributed by atoms with Gasteiger partial charge < -0.3 is 10.5 Å². The van der Waals surface area contributed by atoms with Crippen molar-refractivity contribution in [1.82, 2.24) is 10.2 Å². The van der Waals surface area contributed by atoms with Crippen molar-refractivity contribution in [3.8, 4) is 5.75 Å². The third kappa shape index (κ3) is 2.07. The predicted octanol–water partition coefficient (Wildman–Crippen LogP) is 0.846. The van der Waals surface area contributed by atoms with E-state index < -0.39 is 0 Å². The van der Waals surface area contributed by atoms with Gasteiger partial charge in [-0.05, 0) is 13.8 Å². The molecule has 0 aromatic carbocycles. The standard InChI is InChI=1S/C7H11N3O/c1-5(2)11-6-3-4-9-10-7(6)8/h3-5H,1-2H3,(H2,8,10). The van der Waals surface area contributed by atoms with Crippen LogP contribution in [-0.2, 0) is 0 Å². The molecule has 4 heteroatoms. The van der Waals surface area contributed by atoms with E-state index >= 15 is 0 Å². The number of hydrogen-bond acceptors (Lipinski definition) is 4. The molecule has 0 saturated carbocycles. The molecule has 1 heterocycles. The molecule has 0 amide bonds. The van der Waals surface area contributed by atoms with Crippen molar-refractivity contribution in [1.29, 1.82) is 0 Å². The first-order valence-corrected chi connectivity index (χ1v) is 3.44. The van der Waals surface area contributed by atoms with E-state index in [0.717, 1.165) is 0 Å². The van der Waals surface area contributed by atoms with Crippen LogP contribution < -0.4 is 10.5 Å². The fraction of sp³-hybridized carbons (Fsp3) is 0.429. The minimum absolute atomic E-state index is 0.112. The zero-order chi connectivity index (χ0) is 8.27. The van der Waals surface area contributed by atoms with Gasteiger partial charge in [0.15, 0.2) is 11.6 Å². The van der Waals surface area contributed by atoms with Crippen LogP contribution in [0, 0.1) is 0 Å². The largest absolute Gasteiger partial charge is 0.487 e. The van der Waals surface area contributed by atoms with Crippen LogP contribution in [0.4, 0.5) is 5.82 Å². The Hall–Kier alpha value is -1.32. The number of rotatable bonds is 2. The lowest BCUT2D eigenvalue weighted by Crippen LogP contribution is -2.08. The second-order valence-electron chi connectivity index (χ2n) is 2.45. The number of nitrogen functional groups attached to an aromatic ring is 1. The second-order valence-corrected chi connectivity index (χ2v) is 2.45. The van der Waals surface area contributed by atoms with Crippen molar-refractivity contribution >= 4 is 5.82 Å². The summed E-state index contributed by atoms with van der Waals surface area (Å²) >= 11 is 0. The first kappa shape index (κ1) is 7.78. The highest BCUT2D eigenvalue weighted by Crippen LogP contribution is 2.16. The summed E-state index contributed by atoms with van der Waals surface area (Å²) in [5.41, 5.74) is 5.47. The molecule has 0 bridgehead atoms. The summed E-state index contributed by atoms with van der Waals surface area (Å²) in [5, 5.41) is 7.23. The quantitative estimate of drug-likeness (QED) is 0.684. The Balaban J connectivity index is 2.78. The third-order valence-corrected chi connectivity index (χ3v) is 1.07. The molecule has 0 spiro atoms. The highest BCUT2D eigenvalue weighted by molar-refractivity contribution is 5.43. The summed E-state index contributed by atoms with van der Waals surface area (Å²) in [6, 6.07) is 1.70. The van der Waals surface area contributed by atoms with Crippen molar-refractivity contribution in [3.05, 3.63) is 12.3 Å². The Morgan fingerprint density at radius 3 is 2.82 bits per heavy atom. The van der Waals surface area contributed by atoms with E-state index in [-0.39, 0.29) is 6.10 Å². The van der Waals surface area contributed by atoms with E-state index in [2.05, 4.69) is 10.2 Å². The summed E-state index contributed by atoms with van der Waals surface area (Å²) in [6.07, 6.45) is 1.66. The van der Waals surface area contributed by atoms with Gasteiger partial charge in [-0.3, -0.25) is 0 Å². The monoisotopic (exact) mass is 153 g/mol. The van der Waals surface area contributed by atoms with Gasteiger partial charge in [0.25, 0.3) is 0 Å². The van der Waals surface area contributed by atoms with E-state index in [4.69, 9.17) is 10.5 Å². The van der Waals surface area contributed by atoms with E-state index in [1.54, 1.807) is 12.3 Å². The van der Waals surface area contributed by atoms with Gasteiger partial charge in [-0.15, -0.1) is 5.10 Å². The SMILES string of the molecule is CC(C)Oc1ccnnc1N. The molecule has 2 N–H and O–H groups in total. The van der Waals surface area contributed by atoms with E-state index in [9.17, 15) is 0 Å². The van der Waals surface area contributed by atoms with Gasteiger partial charge in [-0.25, -0.2) is 0 Å². The number of nitrogens with two attached hydrogens (primary N) is 1. The molecule has 0 aliphatic carbocycles. The smallest absolute Gasteiger partial charge is 0.188 e. The Morgan fingerprint density at radius 2 is 2.27 bits per heavy atom. The van der Waals surface area contributed by atoms with Crippen LogP contribution in [0.1, 0.15) is 13.8 Å². The lowest BCUT2D eigenvalue weighted by molar-refractivity contribution is 0.242. The molecule has 0 aliphatic heterocycles. The molecular weight excluding hydrogens is 142 g/mol. The molecule has 60 valence electrons. The molecule has 0 saturated heterocycles. The average molecular weight is 153 g/mol. The van der Waals surface area contributed by atoms with Gasteiger partial charge >= 0.3 is 0 Å². The molecule has 1 rings (SSSR count). The second kappa shape index (κ2) is 3.18. The van der Waals surface area contributed by atoms with Gasteiger partial charge in [0, 0.05) is 6.07 Å². The maximum absolute atomic E-state index is 5.47. The van der Waals surface area contributed by atoms with E-state index in [1.807, 2.05) is 13.8 Å². The maximum atomic E-state index is 5.47. The Morgan fingerprint density at radius 1 is 1.55 bits per heavy atom. The lowest BCUT2D eigenvalue weighted by atomic mass is 10.4. The fourth-order valence-corrected chi connectivity index (χ4v) is 0.685. The van der Waals surface area contributed by atoms with E-state index in [1.165, 1.54) is 0 Å². The molecule has 0 atom stereocenters. The van der Waals surface area contributed by atoms with Crippen molar-refractivity contribution in [3.63, 3.8) is 0 Å². The summed E-state index contributed by atoms with van der Waals surface area (Å²) in [7, 11) is 0.